The van der Waals surface area contributed by atoms with E-state index in [4.69, 9.17) is 4.74 Å². The summed E-state index contributed by atoms with van der Waals surface area (Å²) in [4.78, 5) is 4.59. The molecule has 1 N–H and O–H groups in total. The van der Waals surface area contributed by atoms with E-state index in [9.17, 15) is 0 Å². The van der Waals surface area contributed by atoms with Gasteiger partial charge in [0.25, 0.3) is 0 Å². The average molecular weight is 278 g/mol. The lowest BCUT2D eigenvalue weighted by molar-refractivity contribution is 0.464. The van der Waals surface area contributed by atoms with Gasteiger partial charge in [0.1, 0.15) is 5.75 Å². The lowest BCUT2D eigenvalue weighted by Crippen LogP contribution is -2.06. The standard InChI is InChI=1S/C18H18N2O/c1-13-6-5-7-15(10-13)21-18-11-14(12-19-2)16-8-3-4-9-17(16)20-18/h3-11,19H,12H2,1-2H3. The van der Waals surface area contributed by atoms with Crippen LogP contribution < -0.4 is 10.1 Å². The summed E-state index contributed by atoms with van der Waals surface area (Å²) in [6.45, 7) is 2.83. The largest absolute Gasteiger partial charge is 0.439 e. The molecule has 0 aliphatic heterocycles. The SMILES string of the molecule is CNCc1cc(Oc2cccc(C)c2)nc2ccccc12. The molecule has 1 heterocycles. The van der Waals surface area contributed by atoms with E-state index in [2.05, 4.69) is 16.4 Å². The molecule has 0 aliphatic carbocycles. The molecule has 21 heavy (non-hydrogen) atoms. The van der Waals surface area contributed by atoms with Gasteiger partial charge in [-0.2, -0.15) is 0 Å². The maximum Gasteiger partial charge on any atom is 0.220 e. The van der Waals surface area contributed by atoms with Crippen LogP contribution in [0.15, 0.2) is 54.6 Å². The minimum absolute atomic E-state index is 0.629. The summed E-state index contributed by atoms with van der Waals surface area (Å²) in [5, 5.41) is 4.35. The van der Waals surface area contributed by atoms with Crippen LogP contribution in [0, 0.1) is 6.92 Å². The predicted octanol–water partition coefficient (Wildman–Crippen LogP) is 4.05. The van der Waals surface area contributed by atoms with Crippen molar-refractivity contribution in [2.24, 2.45) is 0 Å². The van der Waals surface area contributed by atoms with Crippen LogP contribution in [0.1, 0.15) is 11.1 Å². The second-order valence-electron chi connectivity index (χ2n) is 5.09. The molecule has 0 amide bonds. The molecule has 3 nitrogen and oxygen atoms in total. The molecule has 0 unspecified atom stereocenters. The van der Waals surface area contributed by atoms with Crippen LogP contribution in [0.4, 0.5) is 0 Å². The highest BCUT2D eigenvalue weighted by atomic mass is 16.5. The quantitative estimate of drug-likeness (QED) is 0.781. The molecule has 3 rings (SSSR count). The van der Waals surface area contributed by atoms with Crippen molar-refractivity contribution in [1.82, 2.24) is 10.3 Å². The highest BCUT2D eigenvalue weighted by Crippen LogP contribution is 2.26. The van der Waals surface area contributed by atoms with Crippen molar-refractivity contribution >= 4 is 10.9 Å². The van der Waals surface area contributed by atoms with Gasteiger partial charge in [0.15, 0.2) is 0 Å². The number of fused-ring (bicyclic) bond motifs is 1. The molecule has 0 bridgehead atoms. The van der Waals surface area contributed by atoms with Crippen molar-refractivity contribution in [2.45, 2.75) is 13.5 Å². The number of benzene rings is 2. The van der Waals surface area contributed by atoms with Crippen LogP contribution in [0.2, 0.25) is 0 Å². The summed E-state index contributed by atoms with van der Waals surface area (Å²) in [5.74, 6) is 1.44. The first kappa shape index (κ1) is 13.6. The van der Waals surface area contributed by atoms with Crippen molar-refractivity contribution in [1.29, 1.82) is 0 Å². The number of ether oxygens (including phenoxy) is 1. The van der Waals surface area contributed by atoms with Gasteiger partial charge in [0.05, 0.1) is 5.52 Å². The molecule has 0 radical (unpaired) electrons. The van der Waals surface area contributed by atoms with E-state index in [0.29, 0.717) is 5.88 Å². The maximum absolute atomic E-state index is 5.92. The molecule has 0 fully saturated rings. The second-order valence-corrected chi connectivity index (χ2v) is 5.09. The highest BCUT2D eigenvalue weighted by molar-refractivity contribution is 5.82. The third-order valence-electron chi connectivity index (χ3n) is 3.36. The molecule has 1 aromatic heterocycles. The predicted molar refractivity (Wildman–Crippen MR) is 85.8 cm³/mol. The number of aromatic nitrogens is 1. The smallest absolute Gasteiger partial charge is 0.220 e. The molecule has 2 aromatic carbocycles. The van der Waals surface area contributed by atoms with E-state index in [1.807, 2.05) is 62.5 Å². The van der Waals surface area contributed by atoms with Crippen molar-refractivity contribution in [2.75, 3.05) is 7.05 Å². The van der Waals surface area contributed by atoms with Gasteiger partial charge in [0.2, 0.25) is 5.88 Å². The Morgan fingerprint density at radius 2 is 1.90 bits per heavy atom. The molecular weight excluding hydrogens is 260 g/mol. The highest BCUT2D eigenvalue weighted by Gasteiger charge is 2.07. The third kappa shape index (κ3) is 3.03. The van der Waals surface area contributed by atoms with Crippen LogP contribution >= 0.6 is 0 Å². The fourth-order valence-electron chi connectivity index (χ4n) is 2.41. The van der Waals surface area contributed by atoms with Gasteiger partial charge in [-0.25, -0.2) is 4.98 Å². The average Bonchev–Trinajstić information content (AvgIpc) is 2.47. The Morgan fingerprint density at radius 3 is 2.71 bits per heavy atom. The van der Waals surface area contributed by atoms with Gasteiger partial charge in [-0.3, -0.25) is 0 Å². The zero-order valence-corrected chi connectivity index (χ0v) is 12.3. The molecule has 0 atom stereocenters. The van der Waals surface area contributed by atoms with E-state index < -0.39 is 0 Å². The summed E-state index contributed by atoms with van der Waals surface area (Å²) in [6, 6.07) is 18.1. The fourth-order valence-corrected chi connectivity index (χ4v) is 2.41. The summed E-state index contributed by atoms with van der Waals surface area (Å²) < 4.78 is 5.92. The van der Waals surface area contributed by atoms with Gasteiger partial charge >= 0.3 is 0 Å². The van der Waals surface area contributed by atoms with E-state index >= 15 is 0 Å². The van der Waals surface area contributed by atoms with Crippen molar-refractivity contribution < 1.29 is 4.74 Å². The molecule has 0 saturated carbocycles. The van der Waals surface area contributed by atoms with Gasteiger partial charge in [-0.1, -0.05) is 30.3 Å². The number of hydrogen-bond donors (Lipinski definition) is 1. The van der Waals surface area contributed by atoms with Crippen molar-refractivity contribution in [3.63, 3.8) is 0 Å². The monoisotopic (exact) mass is 278 g/mol. The van der Waals surface area contributed by atoms with E-state index in [0.717, 1.165) is 23.2 Å². The first-order valence-electron chi connectivity index (χ1n) is 7.04. The topological polar surface area (TPSA) is 34.1 Å². The van der Waals surface area contributed by atoms with Gasteiger partial charge in [0, 0.05) is 18.0 Å². The third-order valence-corrected chi connectivity index (χ3v) is 3.36. The number of hydrogen-bond acceptors (Lipinski definition) is 3. The Balaban J connectivity index is 2.02. The van der Waals surface area contributed by atoms with E-state index in [1.54, 1.807) is 0 Å². The van der Waals surface area contributed by atoms with Crippen molar-refractivity contribution in [3.05, 3.63) is 65.7 Å². The molecule has 0 spiro atoms. The van der Waals surface area contributed by atoms with Crippen LogP contribution in [-0.4, -0.2) is 12.0 Å². The summed E-state index contributed by atoms with van der Waals surface area (Å²) in [7, 11) is 1.94. The zero-order chi connectivity index (χ0) is 14.7. The van der Waals surface area contributed by atoms with Gasteiger partial charge < -0.3 is 10.1 Å². The normalized spacial score (nSPS) is 10.8. The van der Waals surface area contributed by atoms with Crippen LogP contribution in [0.25, 0.3) is 10.9 Å². The summed E-state index contributed by atoms with van der Waals surface area (Å²) in [6.07, 6.45) is 0. The van der Waals surface area contributed by atoms with Gasteiger partial charge in [-0.05, 0) is 43.3 Å². The second kappa shape index (κ2) is 5.94. The van der Waals surface area contributed by atoms with Crippen LogP contribution in [-0.2, 0) is 6.54 Å². The molecular formula is C18H18N2O. The Kier molecular flexibility index (Phi) is 3.84. The number of nitrogens with one attached hydrogen (secondary N) is 1. The Morgan fingerprint density at radius 1 is 1.05 bits per heavy atom. The lowest BCUT2D eigenvalue weighted by atomic mass is 10.1. The molecule has 0 aliphatic rings. The minimum Gasteiger partial charge on any atom is -0.439 e. The number of nitrogens with zero attached hydrogens (tertiary/aromatic N) is 1. The Hall–Kier alpha value is -2.39. The fraction of sp³-hybridized carbons (Fsp3) is 0.167. The van der Waals surface area contributed by atoms with Crippen LogP contribution in [0.3, 0.4) is 0 Å². The first-order valence-corrected chi connectivity index (χ1v) is 7.04. The maximum atomic E-state index is 5.92. The Labute approximate surface area is 124 Å². The first-order chi connectivity index (χ1) is 10.3. The number of pyridine rings is 1. The van der Waals surface area contributed by atoms with Gasteiger partial charge in [-0.15, -0.1) is 0 Å². The lowest BCUT2D eigenvalue weighted by Gasteiger charge is -2.10. The molecule has 0 saturated heterocycles. The summed E-state index contributed by atoms with van der Waals surface area (Å²) in [5.41, 5.74) is 3.31. The van der Waals surface area contributed by atoms with Crippen molar-refractivity contribution in [3.8, 4) is 11.6 Å². The van der Waals surface area contributed by atoms with E-state index in [-0.39, 0.29) is 0 Å². The Bertz CT molecular complexity index is 768. The zero-order valence-electron chi connectivity index (χ0n) is 12.3. The molecule has 3 heteroatoms. The van der Waals surface area contributed by atoms with Crippen LogP contribution in [0.5, 0.6) is 11.6 Å². The number of rotatable bonds is 4. The summed E-state index contributed by atoms with van der Waals surface area (Å²) >= 11 is 0. The number of aryl methyl sites for hydroxylation is 1. The molecule has 3 aromatic rings. The minimum atomic E-state index is 0.629. The molecule has 106 valence electrons. The number of para-hydroxylation sites is 1. The van der Waals surface area contributed by atoms with E-state index in [1.165, 1.54) is 11.1 Å².